The zero-order valence-corrected chi connectivity index (χ0v) is 9.12. The summed E-state index contributed by atoms with van der Waals surface area (Å²) in [4.78, 5) is 0. The second-order valence-electron chi connectivity index (χ2n) is 3.17. The smallest absolute Gasteiger partial charge is 0.363 e. The lowest BCUT2D eigenvalue weighted by Crippen LogP contribution is -2.43. The average molecular weight is 200 g/mol. The van der Waals surface area contributed by atoms with Crippen molar-refractivity contribution in [3.05, 3.63) is 0 Å². The molecule has 0 aliphatic carbocycles. The molecule has 0 rings (SSSR count). The van der Waals surface area contributed by atoms with Gasteiger partial charge >= 0.3 is 6.18 Å². The quantitative estimate of drug-likeness (QED) is 0.659. The molecule has 0 spiro atoms. The van der Waals surface area contributed by atoms with Crippen LogP contribution in [0.1, 0.15) is 41.5 Å². The minimum Gasteiger partial charge on any atom is -0.363 e. The number of alkyl halides is 3. The van der Waals surface area contributed by atoms with E-state index in [0.29, 0.717) is 0 Å². The summed E-state index contributed by atoms with van der Waals surface area (Å²) >= 11 is 0. The first kappa shape index (κ1) is 15.2. The van der Waals surface area contributed by atoms with Crippen molar-refractivity contribution >= 4 is 0 Å². The van der Waals surface area contributed by atoms with Gasteiger partial charge in [-0.05, 0) is 27.7 Å². The van der Waals surface area contributed by atoms with Crippen molar-refractivity contribution in [1.82, 2.24) is 0 Å². The first-order valence-electron chi connectivity index (χ1n) is 4.41. The molecule has 0 saturated carbocycles. The van der Waals surface area contributed by atoms with Gasteiger partial charge in [0.1, 0.15) is 0 Å². The zero-order valence-electron chi connectivity index (χ0n) is 9.12. The van der Waals surface area contributed by atoms with Gasteiger partial charge in [0.05, 0.1) is 6.10 Å². The molecule has 4 heteroatoms. The maximum Gasteiger partial charge on any atom is 0.416 e. The highest BCUT2D eigenvalue weighted by Crippen LogP contribution is 2.33. The molecular weight excluding hydrogens is 181 g/mol. The predicted octanol–water partition coefficient (Wildman–Crippen LogP) is 3.78. The predicted molar refractivity (Wildman–Crippen MR) is 47.7 cm³/mol. The molecule has 1 nitrogen and oxygen atoms in total. The SMILES string of the molecule is CC.CC(C)OC(C)(C)C(F)(F)F. The van der Waals surface area contributed by atoms with Gasteiger partial charge in [-0.1, -0.05) is 13.8 Å². The highest BCUT2D eigenvalue weighted by atomic mass is 19.4. The van der Waals surface area contributed by atoms with E-state index in [-0.39, 0.29) is 0 Å². The Bertz CT molecular complexity index is 127. The van der Waals surface area contributed by atoms with E-state index in [1.54, 1.807) is 13.8 Å². The van der Waals surface area contributed by atoms with Crippen molar-refractivity contribution in [1.29, 1.82) is 0 Å². The maximum atomic E-state index is 12.1. The summed E-state index contributed by atoms with van der Waals surface area (Å²) in [5, 5.41) is 0. The molecule has 0 aromatic rings. The van der Waals surface area contributed by atoms with E-state index in [4.69, 9.17) is 0 Å². The minimum absolute atomic E-state index is 0.411. The minimum atomic E-state index is -4.29. The van der Waals surface area contributed by atoms with Gasteiger partial charge in [-0.15, -0.1) is 0 Å². The van der Waals surface area contributed by atoms with Crippen molar-refractivity contribution in [3.63, 3.8) is 0 Å². The van der Waals surface area contributed by atoms with Crippen molar-refractivity contribution in [2.24, 2.45) is 0 Å². The number of hydrogen-bond acceptors (Lipinski definition) is 1. The van der Waals surface area contributed by atoms with Crippen LogP contribution in [0.2, 0.25) is 0 Å². The molecule has 0 N–H and O–H groups in total. The molecule has 13 heavy (non-hydrogen) atoms. The Morgan fingerprint density at radius 2 is 1.31 bits per heavy atom. The van der Waals surface area contributed by atoms with Gasteiger partial charge in [0.15, 0.2) is 5.60 Å². The molecule has 0 amide bonds. The van der Waals surface area contributed by atoms with Gasteiger partial charge in [-0.2, -0.15) is 13.2 Å². The van der Waals surface area contributed by atoms with Crippen LogP contribution in [0.15, 0.2) is 0 Å². The molecule has 82 valence electrons. The Kier molecular flexibility index (Phi) is 6.41. The van der Waals surface area contributed by atoms with Gasteiger partial charge in [-0.25, -0.2) is 0 Å². The second kappa shape index (κ2) is 5.47. The summed E-state index contributed by atoms with van der Waals surface area (Å²) in [6.45, 7) is 9.20. The van der Waals surface area contributed by atoms with Crippen molar-refractivity contribution in [2.45, 2.75) is 59.4 Å². The van der Waals surface area contributed by atoms with E-state index in [1.165, 1.54) is 0 Å². The topological polar surface area (TPSA) is 9.23 Å². The standard InChI is InChI=1S/C7H13F3O.C2H6/c1-5(2)11-6(3,4)7(8,9)10;1-2/h5H,1-4H3;1-2H3. The van der Waals surface area contributed by atoms with Crippen LogP contribution >= 0.6 is 0 Å². The van der Waals surface area contributed by atoms with Crippen LogP contribution in [0.3, 0.4) is 0 Å². The number of halogens is 3. The number of rotatable bonds is 2. The van der Waals surface area contributed by atoms with Crippen LogP contribution in [-0.4, -0.2) is 17.9 Å². The lowest BCUT2D eigenvalue weighted by molar-refractivity contribution is -0.273. The highest BCUT2D eigenvalue weighted by Gasteiger charge is 2.48. The van der Waals surface area contributed by atoms with Crippen molar-refractivity contribution < 1.29 is 17.9 Å². The van der Waals surface area contributed by atoms with E-state index in [0.717, 1.165) is 13.8 Å². The fourth-order valence-corrected chi connectivity index (χ4v) is 0.656. The Morgan fingerprint density at radius 3 is 1.38 bits per heavy atom. The Morgan fingerprint density at radius 1 is 1.00 bits per heavy atom. The van der Waals surface area contributed by atoms with E-state index >= 15 is 0 Å². The Labute approximate surface area is 78.3 Å². The molecular formula is C9H19F3O. The molecule has 0 heterocycles. The third-order valence-corrected chi connectivity index (χ3v) is 1.21. The zero-order chi connectivity index (χ0) is 11.3. The molecule has 0 bridgehead atoms. The van der Waals surface area contributed by atoms with Gasteiger partial charge in [0, 0.05) is 0 Å². The lowest BCUT2D eigenvalue weighted by Gasteiger charge is -2.29. The first-order valence-corrected chi connectivity index (χ1v) is 4.41. The van der Waals surface area contributed by atoms with Gasteiger partial charge < -0.3 is 4.74 Å². The van der Waals surface area contributed by atoms with Crippen LogP contribution in [0, 0.1) is 0 Å². The van der Waals surface area contributed by atoms with Gasteiger partial charge in [0.25, 0.3) is 0 Å². The van der Waals surface area contributed by atoms with Gasteiger partial charge in [0.2, 0.25) is 0 Å². The third kappa shape index (κ3) is 5.91. The number of ether oxygens (including phenoxy) is 1. The van der Waals surface area contributed by atoms with E-state index in [2.05, 4.69) is 4.74 Å². The molecule has 0 aliphatic heterocycles. The molecule has 0 aromatic heterocycles. The molecule has 0 radical (unpaired) electrons. The summed E-state index contributed by atoms with van der Waals surface area (Å²) in [5.74, 6) is 0. The summed E-state index contributed by atoms with van der Waals surface area (Å²) < 4.78 is 40.9. The summed E-state index contributed by atoms with van der Waals surface area (Å²) in [7, 11) is 0. The Balaban J connectivity index is 0. The normalized spacial score (nSPS) is 12.5. The van der Waals surface area contributed by atoms with Gasteiger partial charge in [-0.3, -0.25) is 0 Å². The third-order valence-electron chi connectivity index (χ3n) is 1.21. The molecule has 0 aromatic carbocycles. The molecule has 0 atom stereocenters. The molecule has 0 aliphatic rings. The summed E-state index contributed by atoms with van der Waals surface area (Å²) in [6, 6.07) is 0. The van der Waals surface area contributed by atoms with E-state index < -0.39 is 17.9 Å². The average Bonchev–Trinajstić information content (AvgIpc) is 1.86. The van der Waals surface area contributed by atoms with Crippen LogP contribution in [0.5, 0.6) is 0 Å². The first-order chi connectivity index (χ1) is 5.67. The van der Waals surface area contributed by atoms with Crippen molar-refractivity contribution in [2.75, 3.05) is 0 Å². The van der Waals surface area contributed by atoms with Crippen LogP contribution in [0.4, 0.5) is 13.2 Å². The maximum absolute atomic E-state index is 12.1. The van der Waals surface area contributed by atoms with Crippen molar-refractivity contribution in [3.8, 4) is 0 Å². The fraction of sp³-hybridized carbons (Fsp3) is 1.00. The summed E-state index contributed by atoms with van der Waals surface area (Å²) in [6.07, 6.45) is -4.70. The van der Waals surface area contributed by atoms with E-state index in [9.17, 15) is 13.2 Å². The largest absolute Gasteiger partial charge is 0.416 e. The van der Waals surface area contributed by atoms with Crippen LogP contribution < -0.4 is 0 Å². The molecule has 0 unspecified atom stereocenters. The lowest BCUT2D eigenvalue weighted by atomic mass is 10.1. The second-order valence-corrected chi connectivity index (χ2v) is 3.17. The molecule has 0 saturated heterocycles. The Hall–Kier alpha value is -0.250. The highest BCUT2D eigenvalue weighted by molar-refractivity contribution is 4.78. The van der Waals surface area contributed by atoms with Crippen LogP contribution in [-0.2, 0) is 4.74 Å². The number of hydrogen-bond donors (Lipinski definition) is 0. The fourth-order valence-electron chi connectivity index (χ4n) is 0.656. The summed E-state index contributed by atoms with van der Waals surface area (Å²) in [5.41, 5.74) is -2.04. The monoisotopic (exact) mass is 200 g/mol. The van der Waals surface area contributed by atoms with E-state index in [1.807, 2.05) is 13.8 Å². The molecule has 0 fully saturated rings. The van der Waals surface area contributed by atoms with Crippen LogP contribution in [0.25, 0.3) is 0 Å².